The molecule has 0 aliphatic carbocycles. The smallest absolute Gasteiger partial charge is 0.325 e. The fraction of sp³-hybridized carbons (Fsp3) is 0.455. The molecule has 5 nitrogen and oxygen atoms in total. The summed E-state index contributed by atoms with van der Waals surface area (Å²) < 4.78 is 16.7. The second kappa shape index (κ2) is 12.0. The highest BCUT2D eigenvalue weighted by atomic mass is 31.2. The van der Waals surface area contributed by atoms with E-state index in [1.807, 2.05) is 12.1 Å². The average Bonchev–Trinajstić information content (AvgIpc) is 2.67. The van der Waals surface area contributed by atoms with Crippen LogP contribution in [0.2, 0.25) is 0 Å². The van der Waals surface area contributed by atoms with Gasteiger partial charge in [0.2, 0.25) is 0 Å². The predicted molar refractivity (Wildman–Crippen MR) is 115 cm³/mol. The van der Waals surface area contributed by atoms with E-state index in [0.29, 0.717) is 19.5 Å². The third kappa shape index (κ3) is 9.03. The summed E-state index contributed by atoms with van der Waals surface area (Å²) in [5, 5.41) is 3.22. The van der Waals surface area contributed by atoms with Gasteiger partial charge in [-0.1, -0.05) is 62.6 Å². The Morgan fingerprint density at radius 2 is 1.75 bits per heavy atom. The number of ether oxygens (including phenoxy) is 1. The van der Waals surface area contributed by atoms with Crippen molar-refractivity contribution in [2.24, 2.45) is 0 Å². The zero-order valence-corrected chi connectivity index (χ0v) is 17.5. The van der Waals surface area contributed by atoms with Gasteiger partial charge in [-0.15, -0.1) is 0 Å². The standard InChI is InChI=1S/C22H32NO4P/c1-2-3-4-5-15-27-22-9-6-8-21(17-22)20-12-10-19(11-13-20)18-23-14-7-16-28(24,25)26/h6,8-13,17,23H,2-5,7,14-16,18H2,1H3,(H2,24,25,26). The molecule has 3 N–H and O–H groups in total. The number of hydrogen-bond acceptors (Lipinski definition) is 3. The number of benzene rings is 2. The first-order valence-corrected chi connectivity index (χ1v) is 11.8. The lowest BCUT2D eigenvalue weighted by atomic mass is 10.0. The first-order chi connectivity index (χ1) is 13.5. The van der Waals surface area contributed by atoms with Crippen LogP contribution in [0.15, 0.2) is 48.5 Å². The quantitative estimate of drug-likeness (QED) is 0.324. The van der Waals surface area contributed by atoms with Gasteiger partial charge < -0.3 is 19.8 Å². The molecule has 154 valence electrons. The van der Waals surface area contributed by atoms with Crippen LogP contribution in [0.5, 0.6) is 5.75 Å². The lowest BCUT2D eigenvalue weighted by molar-refractivity contribution is 0.305. The van der Waals surface area contributed by atoms with E-state index in [-0.39, 0.29) is 6.16 Å². The zero-order chi connectivity index (χ0) is 20.2. The molecule has 6 heteroatoms. The molecule has 28 heavy (non-hydrogen) atoms. The van der Waals surface area contributed by atoms with Crippen LogP contribution in [-0.2, 0) is 11.1 Å². The third-order valence-electron chi connectivity index (χ3n) is 4.52. The van der Waals surface area contributed by atoms with E-state index in [4.69, 9.17) is 14.5 Å². The van der Waals surface area contributed by atoms with Crippen LogP contribution in [0.25, 0.3) is 11.1 Å². The summed E-state index contributed by atoms with van der Waals surface area (Å²) in [4.78, 5) is 17.7. The van der Waals surface area contributed by atoms with Gasteiger partial charge in [-0.3, -0.25) is 4.57 Å². The SMILES string of the molecule is CCCCCCOc1cccc(-c2ccc(CNCCCP(=O)(O)O)cc2)c1. The Bertz CT molecular complexity index is 742. The summed E-state index contributed by atoms with van der Waals surface area (Å²) in [7, 11) is -3.89. The maximum absolute atomic E-state index is 10.8. The number of nitrogens with one attached hydrogen (secondary N) is 1. The zero-order valence-electron chi connectivity index (χ0n) is 16.6. The minimum absolute atomic E-state index is 0.0735. The fourth-order valence-electron chi connectivity index (χ4n) is 2.94. The van der Waals surface area contributed by atoms with Crippen LogP contribution in [0.4, 0.5) is 0 Å². The number of rotatable bonds is 13. The second-order valence-corrected chi connectivity index (χ2v) is 8.83. The van der Waals surface area contributed by atoms with E-state index in [0.717, 1.165) is 35.5 Å². The molecular formula is C22H32NO4P. The van der Waals surface area contributed by atoms with Gasteiger partial charge in [-0.25, -0.2) is 0 Å². The first-order valence-electron chi connectivity index (χ1n) is 10.1. The monoisotopic (exact) mass is 405 g/mol. The minimum Gasteiger partial charge on any atom is -0.494 e. The molecule has 0 aliphatic heterocycles. The van der Waals surface area contributed by atoms with Gasteiger partial charge in [0, 0.05) is 6.54 Å². The molecule has 0 radical (unpaired) electrons. The van der Waals surface area contributed by atoms with Gasteiger partial charge in [0.25, 0.3) is 0 Å². The summed E-state index contributed by atoms with van der Waals surface area (Å²) in [6, 6.07) is 16.5. The Morgan fingerprint density at radius 3 is 2.46 bits per heavy atom. The Labute approximate surface area is 168 Å². The van der Waals surface area contributed by atoms with Crippen molar-refractivity contribution in [3.63, 3.8) is 0 Å². The lowest BCUT2D eigenvalue weighted by Crippen LogP contribution is -2.15. The molecule has 0 bridgehead atoms. The van der Waals surface area contributed by atoms with Crippen molar-refractivity contribution in [3.05, 3.63) is 54.1 Å². The molecule has 0 saturated heterocycles. The first kappa shape index (κ1) is 22.6. The van der Waals surface area contributed by atoms with Crippen molar-refractivity contribution in [2.45, 2.75) is 45.6 Å². The van der Waals surface area contributed by atoms with Crippen LogP contribution in [0, 0.1) is 0 Å². The molecule has 0 fully saturated rings. The Morgan fingerprint density at radius 1 is 0.964 bits per heavy atom. The molecule has 2 rings (SSSR count). The second-order valence-electron chi connectivity index (χ2n) is 7.05. The molecule has 2 aromatic carbocycles. The maximum Gasteiger partial charge on any atom is 0.325 e. The number of hydrogen-bond donors (Lipinski definition) is 3. The van der Waals surface area contributed by atoms with Gasteiger partial charge in [0.1, 0.15) is 5.75 Å². The van der Waals surface area contributed by atoms with Crippen LogP contribution in [0.3, 0.4) is 0 Å². The van der Waals surface area contributed by atoms with Crippen LogP contribution in [-0.4, -0.2) is 29.1 Å². The topological polar surface area (TPSA) is 78.8 Å². The summed E-state index contributed by atoms with van der Waals surface area (Å²) in [6.07, 6.45) is 5.19. The van der Waals surface area contributed by atoms with E-state index in [9.17, 15) is 4.57 Å². The molecule has 0 unspecified atom stereocenters. The molecule has 0 heterocycles. The molecular weight excluding hydrogens is 373 g/mol. The highest BCUT2D eigenvalue weighted by Crippen LogP contribution is 2.34. The van der Waals surface area contributed by atoms with Crippen molar-refractivity contribution >= 4 is 7.60 Å². The summed E-state index contributed by atoms with van der Waals surface area (Å²) in [5.41, 5.74) is 3.41. The highest BCUT2D eigenvalue weighted by Gasteiger charge is 2.11. The van der Waals surface area contributed by atoms with Gasteiger partial charge >= 0.3 is 7.60 Å². The summed E-state index contributed by atoms with van der Waals surface area (Å²) >= 11 is 0. The number of unbranched alkanes of at least 4 members (excludes halogenated alkanes) is 3. The van der Waals surface area contributed by atoms with Crippen molar-refractivity contribution in [1.82, 2.24) is 5.32 Å². The molecule has 0 spiro atoms. The largest absolute Gasteiger partial charge is 0.494 e. The van der Waals surface area contributed by atoms with E-state index >= 15 is 0 Å². The van der Waals surface area contributed by atoms with E-state index in [1.165, 1.54) is 19.3 Å². The van der Waals surface area contributed by atoms with E-state index < -0.39 is 7.60 Å². The van der Waals surface area contributed by atoms with Crippen LogP contribution in [0.1, 0.15) is 44.6 Å². The van der Waals surface area contributed by atoms with Crippen LogP contribution >= 0.6 is 7.60 Å². The summed E-state index contributed by atoms with van der Waals surface area (Å²) in [6.45, 7) is 4.24. The van der Waals surface area contributed by atoms with Gasteiger partial charge in [0.05, 0.1) is 12.8 Å². The van der Waals surface area contributed by atoms with Gasteiger partial charge in [-0.2, -0.15) is 0 Å². The molecule has 0 atom stereocenters. The normalized spacial score (nSPS) is 11.5. The van der Waals surface area contributed by atoms with Crippen molar-refractivity contribution in [1.29, 1.82) is 0 Å². The highest BCUT2D eigenvalue weighted by molar-refractivity contribution is 7.51. The molecule has 0 amide bonds. The Hall–Kier alpha value is -1.65. The molecule has 0 saturated carbocycles. The van der Waals surface area contributed by atoms with Crippen molar-refractivity contribution in [2.75, 3.05) is 19.3 Å². The molecule has 0 aliphatic rings. The minimum atomic E-state index is -3.89. The van der Waals surface area contributed by atoms with Crippen molar-refractivity contribution in [3.8, 4) is 16.9 Å². The third-order valence-corrected chi connectivity index (χ3v) is 5.42. The maximum atomic E-state index is 10.8. The fourth-order valence-corrected chi connectivity index (χ4v) is 3.51. The lowest BCUT2D eigenvalue weighted by Gasteiger charge is -2.09. The van der Waals surface area contributed by atoms with Gasteiger partial charge in [0.15, 0.2) is 0 Å². The Balaban J connectivity index is 1.80. The van der Waals surface area contributed by atoms with Crippen LogP contribution < -0.4 is 10.1 Å². The van der Waals surface area contributed by atoms with Gasteiger partial charge in [-0.05, 0) is 48.2 Å². The molecule has 2 aromatic rings. The molecule has 0 aromatic heterocycles. The predicted octanol–water partition coefficient (Wildman–Crippen LogP) is 4.97. The van der Waals surface area contributed by atoms with Crippen molar-refractivity contribution < 1.29 is 19.1 Å². The van der Waals surface area contributed by atoms with E-state index in [2.05, 4.69) is 48.6 Å². The summed E-state index contributed by atoms with van der Waals surface area (Å²) in [5.74, 6) is 0.907. The Kier molecular flexibility index (Phi) is 9.72. The van der Waals surface area contributed by atoms with E-state index in [1.54, 1.807) is 0 Å². The average molecular weight is 405 g/mol.